The standard InChI is InChI=1S/C24H32N4Si/c1-23(2,3)25-29(26-24(4,5)6,27-17-15-19-11-7-9-13-21(19)27)28-18-16-20-12-8-10-14-22(20)28/h7-18,25-26H,1-6H3. The van der Waals surface area contributed by atoms with E-state index in [1.165, 1.54) is 21.8 Å². The predicted octanol–water partition coefficient (Wildman–Crippen LogP) is 5.20. The zero-order chi connectivity index (χ0) is 20.9. The summed E-state index contributed by atoms with van der Waals surface area (Å²) >= 11 is 0. The number of fused-ring (bicyclic) bond motifs is 2. The summed E-state index contributed by atoms with van der Waals surface area (Å²) in [5, 5.41) is 2.51. The highest BCUT2D eigenvalue weighted by atomic mass is 28.4. The van der Waals surface area contributed by atoms with E-state index in [4.69, 9.17) is 0 Å². The van der Waals surface area contributed by atoms with Crippen LogP contribution in [0.4, 0.5) is 0 Å². The Balaban J connectivity index is 2.08. The fourth-order valence-electron chi connectivity index (χ4n) is 4.16. The largest absolute Gasteiger partial charge is 0.443 e. The molecule has 2 aromatic carbocycles. The highest BCUT2D eigenvalue weighted by Crippen LogP contribution is 2.26. The number of nitrogens with one attached hydrogen (secondary N) is 2. The molecule has 152 valence electrons. The fraction of sp³-hybridized carbons (Fsp3) is 0.333. The van der Waals surface area contributed by atoms with Crippen LogP contribution in [0.15, 0.2) is 73.1 Å². The third-order valence-corrected chi connectivity index (χ3v) is 9.37. The van der Waals surface area contributed by atoms with Gasteiger partial charge in [-0.2, -0.15) is 0 Å². The van der Waals surface area contributed by atoms with Crippen LogP contribution in [0.2, 0.25) is 0 Å². The first-order valence-corrected chi connectivity index (χ1v) is 12.2. The summed E-state index contributed by atoms with van der Waals surface area (Å²) in [5.74, 6) is 0. The lowest BCUT2D eigenvalue weighted by molar-refractivity contribution is 0.446. The minimum atomic E-state index is -2.71. The first-order chi connectivity index (χ1) is 13.6. The van der Waals surface area contributed by atoms with Crippen LogP contribution in [0.25, 0.3) is 21.8 Å². The maximum absolute atomic E-state index is 4.07. The van der Waals surface area contributed by atoms with Gasteiger partial charge in [0.25, 0.3) is 0 Å². The molecule has 0 saturated heterocycles. The molecule has 0 aliphatic rings. The van der Waals surface area contributed by atoms with Gasteiger partial charge < -0.3 is 8.47 Å². The predicted molar refractivity (Wildman–Crippen MR) is 126 cm³/mol. The van der Waals surface area contributed by atoms with Crippen LogP contribution in [-0.2, 0) is 0 Å². The number of rotatable bonds is 4. The summed E-state index contributed by atoms with van der Waals surface area (Å²) in [4.78, 5) is 8.14. The molecule has 4 rings (SSSR count). The maximum atomic E-state index is 4.07. The van der Waals surface area contributed by atoms with E-state index in [-0.39, 0.29) is 11.1 Å². The lowest BCUT2D eigenvalue weighted by Crippen LogP contribution is -2.79. The molecule has 2 N–H and O–H groups in total. The van der Waals surface area contributed by atoms with E-state index in [0.717, 1.165) is 0 Å². The lowest BCUT2D eigenvalue weighted by atomic mass is 10.1. The Morgan fingerprint density at radius 2 is 0.966 bits per heavy atom. The van der Waals surface area contributed by atoms with Crippen LogP contribution in [0.3, 0.4) is 0 Å². The van der Waals surface area contributed by atoms with Gasteiger partial charge in [0.15, 0.2) is 0 Å². The number of aromatic nitrogens is 2. The van der Waals surface area contributed by atoms with E-state index in [1.54, 1.807) is 0 Å². The lowest BCUT2D eigenvalue weighted by Gasteiger charge is -2.44. The molecular weight excluding hydrogens is 372 g/mol. The van der Waals surface area contributed by atoms with E-state index in [2.05, 4.69) is 133 Å². The first kappa shape index (κ1) is 20.0. The molecule has 0 saturated carbocycles. The van der Waals surface area contributed by atoms with Crippen LogP contribution in [0, 0.1) is 0 Å². The summed E-state index contributed by atoms with van der Waals surface area (Å²) in [5.41, 5.74) is 2.32. The van der Waals surface area contributed by atoms with Gasteiger partial charge >= 0.3 is 8.72 Å². The summed E-state index contributed by atoms with van der Waals surface area (Å²) in [6, 6.07) is 21.7. The Kier molecular flexibility index (Phi) is 4.72. The first-order valence-electron chi connectivity index (χ1n) is 10.3. The van der Waals surface area contributed by atoms with Crippen molar-refractivity contribution in [1.29, 1.82) is 0 Å². The van der Waals surface area contributed by atoms with Crippen molar-refractivity contribution >= 4 is 30.5 Å². The molecule has 0 radical (unpaired) electrons. The van der Waals surface area contributed by atoms with Gasteiger partial charge in [0.1, 0.15) is 0 Å². The van der Waals surface area contributed by atoms with E-state index < -0.39 is 8.72 Å². The van der Waals surface area contributed by atoms with Crippen LogP contribution >= 0.6 is 0 Å². The van der Waals surface area contributed by atoms with Crippen LogP contribution in [-0.4, -0.2) is 28.3 Å². The molecule has 2 aromatic heterocycles. The van der Waals surface area contributed by atoms with E-state index in [0.29, 0.717) is 0 Å². The van der Waals surface area contributed by atoms with Crippen molar-refractivity contribution in [1.82, 2.24) is 18.4 Å². The van der Waals surface area contributed by atoms with Crippen molar-refractivity contribution in [3.05, 3.63) is 73.1 Å². The van der Waals surface area contributed by atoms with Crippen molar-refractivity contribution in [2.75, 3.05) is 0 Å². The molecule has 0 fully saturated rings. The molecule has 0 atom stereocenters. The number of hydrogen-bond acceptors (Lipinski definition) is 2. The zero-order valence-electron chi connectivity index (χ0n) is 18.3. The molecule has 0 bridgehead atoms. The minimum absolute atomic E-state index is 0.0821. The van der Waals surface area contributed by atoms with Crippen LogP contribution in [0.5, 0.6) is 0 Å². The Labute approximate surface area is 174 Å². The van der Waals surface area contributed by atoms with Gasteiger partial charge in [-0.15, -0.1) is 0 Å². The molecular formula is C24H32N4Si. The molecule has 4 aromatic rings. The molecule has 0 spiro atoms. The molecule has 0 aliphatic heterocycles. The minimum Gasteiger partial charge on any atom is -0.331 e. The second-order valence-electron chi connectivity index (χ2n) is 9.91. The average Bonchev–Trinajstić information content (AvgIpc) is 3.23. The Morgan fingerprint density at radius 3 is 1.34 bits per heavy atom. The van der Waals surface area contributed by atoms with E-state index >= 15 is 0 Å². The zero-order valence-corrected chi connectivity index (χ0v) is 19.3. The average molecular weight is 405 g/mol. The van der Waals surface area contributed by atoms with Gasteiger partial charge in [-0.3, -0.25) is 9.96 Å². The molecule has 2 heterocycles. The summed E-state index contributed by atoms with van der Waals surface area (Å²) in [6.45, 7) is 13.5. The second kappa shape index (κ2) is 6.87. The number of benzene rings is 2. The summed E-state index contributed by atoms with van der Waals surface area (Å²) in [7, 11) is -2.71. The quantitative estimate of drug-likeness (QED) is 0.458. The normalized spacial score (nSPS) is 13.4. The molecule has 0 aliphatic carbocycles. The summed E-state index contributed by atoms with van der Waals surface area (Å²) < 4.78 is 4.93. The third-order valence-electron chi connectivity index (χ3n) is 4.99. The van der Waals surface area contributed by atoms with Crippen molar-refractivity contribution in [2.24, 2.45) is 0 Å². The Bertz CT molecular complexity index is 1050. The van der Waals surface area contributed by atoms with Gasteiger partial charge in [-0.1, -0.05) is 36.4 Å². The fourth-order valence-corrected chi connectivity index (χ4v) is 8.72. The SMILES string of the molecule is CC(C)(C)N[Si](NC(C)(C)C)(n1ccc2ccccc21)n1ccc2ccccc21. The second-order valence-corrected chi connectivity index (χ2v) is 12.7. The van der Waals surface area contributed by atoms with Crippen molar-refractivity contribution in [3.63, 3.8) is 0 Å². The third kappa shape index (κ3) is 3.78. The van der Waals surface area contributed by atoms with Crippen LogP contribution < -0.4 is 9.96 Å². The molecule has 5 heteroatoms. The molecule has 29 heavy (non-hydrogen) atoms. The number of hydrogen-bond donors (Lipinski definition) is 2. The van der Waals surface area contributed by atoms with E-state index in [9.17, 15) is 0 Å². The highest BCUT2D eigenvalue weighted by Gasteiger charge is 2.47. The monoisotopic (exact) mass is 404 g/mol. The Morgan fingerprint density at radius 1 is 0.586 bits per heavy atom. The van der Waals surface area contributed by atoms with Gasteiger partial charge in [-0.05, 0) is 76.6 Å². The van der Waals surface area contributed by atoms with Crippen molar-refractivity contribution in [2.45, 2.75) is 52.6 Å². The highest BCUT2D eigenvalue weighted by molar-refractivity contribution is 6.74. The van der Waals surface area contributed by atoms with E-state index in [1.807, 2.05) is 0 Å². The van der Waals surface area contributed by atoms with Gasteiger partial charge in [-0.25, -0.2) is 0 Å². The van der Waals surface area contributed by atoms with Crippen molar-refractivity contribution in [3.8, 4) is 0 Å². The number of para-hydroxylation sites is 2. The van der Waals surface area contributed by atoms with Gasteiger partial charge in [0.2, 0.25) is 0 Å². The smallest absolute Gasteiger partial charge is 0.331 e. The Hall–Kier alpha value is -2.34. The topological polar surface area (TPSA) is 33.9 Å². The summed E-state index contributed by atoms with van der Waals surface area (Å²) in [6.07, 6.45) is 4.48. The molecule has 4 nitrogen and oxygen atoms in total. The number of nitrogens with zero attached hydrogens (tertiary/aromatic N) is 2. The van der Waals surface area contributed by atoms with Gasteiger partial charge in [0.05, 0.1) is 0 Å². The molecule has 0 amide bonds. The van der Waals surface area contributed by atoms with Gasteiger partial charge in [0, 0.05) is 34.5 Å². The maximum Gasteiger partial charge on any atom is 0.443 e. The molecule has 0 unspecified atom stereocenters. The van der Waals surface area contributed by atoms with Crippen LogP contribution in [0.1, 0.15) is 41.5 Å². The van der Waals surface area contributed by atoms with Crippen molar-refractivity contribution < 1.29 is 0 Å².